The molecule has 1 fully saturated rings. The van der Waals surface area contributed by atoms with Crippen molar-refractivity contribution in [1.29, 1.82) is 0 Å². The molecule has 2 aliphatic rings. The van der Waals surface area contributed by atoms with Crippen molar-refractivity contribution in [1.82, 2.24) is 0 Å². The zero-order valence-corrected chi connectivity index (χ0v) is 14.3. The van der Waals surface area contributed by atoms with Crippen LogP contribution >= 0.6 is 0 Å². The molecule has 1 aliphatic heterocycles. The maximum Gasteiger partial charge on any atom is 0.334 e. The van der Waals surface area contributed by atoms with Crippen LogP contribution in [0.5, 0.6) is 5.75 Å². The van der Waals surface area contributed by atoms with Gasteiger partial charge in [0, 0.05) is 11.5 Å². The molecule has 0 aromatic heterocycles. The van der Waals surface area contributed by atoms with Gasteiger partial charge in [-0.3, -0.25) is 4.79 Å². The van der Waals surface area contributed by atoms with Crippen LogP contribution in [0.3, 0.4) is 0 Å². The molecule has 4 rings (SSSR count). The number of benzene rings is 2. The molecular formula is C21H18O5. The Balaban J connectivity index is 1.66. The van der Waals surface area contributed by atoms with E-state index in [2.05, 4.69) is 0 Å². The highest BCUT2D eigenvalue weighted by Gasteiger charge is 2.45. The largest absolute Gasteiger partial charge is 0.497 e. The second-order valence-corrected chi connectivity index (χ2v) is 6.37. The van der Waals surface area contributed by atoms with E-state index < -0.39 is 5.92 Å². The monoisotopic (exact) mass is 350 g/mol. The van der Waals surface area contributed by atoms with E-state index in [0.717, 1.165) is 16.7 Å². The first-order chi connectivity index (χ1) is 12.7. The molecule has 26 heavy (non-hydrogen) atoms. The Morgan fingerprint density at radius 1 is 1.19 bits per heavy atom. The minimum atomic E-state index is -0.588. The van der Waals surface area contributed by atoms with E-state index in [-0.39, 0.29) is 31.1 Å². The third-order valence-electron chi connectivity index (χ3n) is 4.85. The third kappa shape index (κ3) is 2.86. The Morgan fingerprint density at radius 2 is 2.00 bits per heavy atom. The van der Waals surface area contributed by atoms with E-state index >= 15 is 0 Å². The van der Waals surface area contributed by atoms with Crippen molar-refractivity contribution in [3.05, 3.63) is 70.8 Å². The van der Waals surface area contributed by atoms with Gasteiger partial charge in [-0.25, -0.2) is 4.79 Å². The fourth-order valence-corrected chi connectivity index (χ4v) is 3.51. The SMILES string of the molecule is COc1ccc2c(c1)[C@H](C(=O)OCc1ccccc1)[C@H]1COC(=O)C1=C2. The molecule has 2 atom stereocenters. The number of methoxy groups -OCH3 is 1. The summed E-state index contributed by atoms with van der Waals surface area (Å²) in [7, 11) is 1.58. The normalized spacial score (nSPS) is 20.5. The molecule has 0 bridgehead atoms. The number of hydrogen-bond donors (Lipinski definition) is 0. The first-order valence-corrected chi connectivity index (χ1v) is 8.44. The summed E-state index contributed by atoms with van der Waals surface area (Å²) in [5, 5.41) is 0. The second kappa shape index (κ2) is 6.67. The van der Waals surface area contributed by atoms with E-state index in [1.807, 2.05) is 48.5 Å². The lowest BCUT2D eigenvalue weighted by Crippen LogP contribution is -2.28. The summed E-state index contributed by atoms with van der Waals surface area (Å²) in [4.78, 5) is 24.9. The predicted molar refractivity (Wildman–Crippen MR) is 94.4 cm³/mol. The van der Waals surface area contributed by atoms with Gasteiger partial charge >= 0.3 is 11.9 Å². The Kier molecular flexibility index (Phi) is 4.21. The van der Waals surface area contributed by atoms with Crippen LogP contribution in [0.25, 0.3) is 6.08 Å². The summed E-state index contributed by atoms with van der Waals surface area (Å²) in [6, 6.07) is 15.0. The first kappa shape index (κ1) is 16.4. The number of esters is 2. The highest BCUT2D eigenvalue weighted by atomic mass is 16.5. The molecule has 0 saturated carbocycles. The van der Waals surface area contributed by atoms with Crippen molar-refractivity contribution >= 4 is 18.0 Å². The lowest BCUT2D eigenvalue weighted by atomic mass is 9.76. The highest BCUT2D eigenvalue weighted by Crippen LogP contribution is 2.44. The average Bonchev–Trinajstić information content (AvgIpc) is 3.05. The second-order valence-electron chi connectivity index (χ2n) is 6.37. The fourth-order valence-electron chi connectivity index (χ4n) is 3.51. The van der Waals surface area contributed by atoms with Crippen LogP contribution in [0.15, 0.2) is 54.1 Å². The van der Waals surface area contributed by atoms with Gasteiger partial charge in [0.15, 0.2) is 0 Å². The summed E-state index contributed by atoms with van der Waals surface area (Å²) < 4.78 is 16.1. The molecule has 132 valence electrons. The van der Waals surface area contributed by atoms with Crippen molar-refractivity contribution in [2.75, 3.05) is 13.7 Å². The molecule has 1 heterocycles. The van der Waals surface area contributed by atoms with Gasteiger partial charge in [-0.05, 0) is 34.9 Å². The average molecular weight is 350 g/mol. The van der Waals surface area contributed by atoms with E-state index in [0.29, 0.717) is 11.3 Å². The van der Waals surface area contributed by atoms with Crippen molar-refractivity contribution in [2.24, 2.45) is 5.92 Å². The van der Waals surface area contributed by atoms with Crippen LogP contribution in [0.1, 0.15) is 22.6 Å². The van der Waals surface area contributed by atoms with Crippen LogP contribution in [0.2, 0.25) is 0 Å². The molecule has 5 nitrogen and oxygen atoms in total. The Bertz CT molecular complexity index is 885. The molecule has 5 heteroatoms. The lowest BCUT2D eigenvalue weighted by Gasteiger charge is -2.27. The summed E-state index contributed by atoms with van der Waals surface area (Å²) in [5.74, 6) is -0.984. The van der Waals surface area contributed by atoms with Gasteiger partial charge in [-0.1, -0.05) is 36.4 Å². The fraction of sp³-hybridized carbons (Fsp3) is 0.238. The minimum Gasteiger partial charge on any atom is -0.497 e. The predicted octanol–water partition coefficient (Wildman–Crippen LogP) is 3.09. The van der Waals surface area contributed by atoms with Crippen LogP contribution < -0.4 is 4.74 Å². The van der Waals surface area contributed by atoms with E-state index in [4.69, 9.17) is 14.2 Å². The topological polar surface area (TPSA) is 61.8 Å². The third-order valence-corrected chi connectivity index (χ3v) is 4.85. The van der Waals surface area contributed by atoms with Crippen LogP contribution in [0.4, 0.5) is 0 Å². The van der Waals surface area contributed by atoms with E-state index in [1.54, 1.807) is 13.2 Å². The quantitative estimate of drug-likeness (QED) is 0.793. The summed E-state index contributed by atoms with van der Waals surface area (Å²) in [6.07, 6.45) is 1.80. The number of ether oxygens (including phenoxy) is 3. The molecule has 0 N–H and O–H groups in total. The molecule has 1 saturated heterocycles. The molecule has 1 aliphatic carbocycles. The van der Waals surface area contributed by atoms with Gasteiger partial charge in [0.2, 0.25) is 0 Å². The number of carbonyl (C=O) groups is 2. The maximum atomic E-state index is 12.9. The van der Waals surface area contributed by atoms with Gasteiger partial charge in [0.05, 0.1) is 19.6 Å². The van der Waals surface area contributed by atoms with Crippen molar-refractivity contribution in [3.63, 3.8) is 0 Å². The molecule has 2 aromatic carbocycles. The van der Waals surface area contributed by atoms with Crippen LogP contribution in [-0.4, -0.2) is 25.7 Å². The minimum absolute atomic E-state index is 0.187. The zero-order valence-electron chi connectivity index (χ0n) is 14.3. The lowest BCUT2D eigenvalue weighted by molar-refractivity contribution is -0.148. The van der Waals surface area contributed by atoms with E-state index in [1.165, 1.54) is 0 Å². The molecular weight excluding hydrogens is 332 g/mol. The summed E-state index contributed by atoms with van der Waals surface area (Å²) in [5.41, 5.74) is 3.06. The van der Waals surface area contributed by atoms with Crippen molar-refractivity contribution < 1.29 is 23.8 Å². The Hall–Kier alpha value is -3.08. The standard InChI is InChI=1S/C21H18O5/c1-24-15-8-7-14-9-17-18(12-26-20(17)22)19(16(14)10-15)21(23)25-11-13-5-3-2-4-6-13/h2-10,18-19H,11-12H2,1H3/t18-,19-/m0/s1. The first-order valence-electron chi connectivity index (χ1n) is 8.44. The summed E-state index contributed by atoms with van der Waals surface area (Å²) in [6.45, 7) is 0.377. The molecule has 0 amide bonds. The zero-order chi connectivity index (χ0) is 18.1. The molecule has 2 aromatic rings. The number of cyclic esters (lactones) is 1. The van der Waals surface area contributed by atoms with Gasteiger partial charge < -0.3 is 14.2 Å². The molecule has 0 unspecified atom stereocenters. The molecule has 0 radical (unpaired) electrons. The number of rotatable bonds is 4. The number of fused-ring (bicyclic) bond motifs is 2. The van der Waals surface area contributed by atoms with Gasteiger partial charge in [-0.2, -0.15) is 0 Å². The van der Waals surface area contributed by atoms with Gasteiger partial charge in [0.1, 0.15) is 12.4 Å². The van der Waals surface area contributed by atoms with Gasteiger partial charge in [0.25, 0.3) is 0 Å². The van der Waals surface area contributed by atoms with Crippen molar-refractivity contribution in [2.45, 2.75) is 12.5 Å². The summed E-state index contributed by atoms with van der Waals surface area (Å²) >= 11 is 0. The van der Waals surface area contributed by atoms with Crippen LogP contribution in [-0.2, 0) is 25.7 Å². The Labute approximate surface area is 151 Å². The number of hydrogen-bond acceptors (Lipinski definition) is 5. The number of carbonyl (C=O) groups excluding carboxylic acids is 2. The van der Waals surface area contributed by atoms with Crippen LogP contribution in [0, 0.1) is 5.92 Å². The van der Waals surface area contributed by atoms with Gasteiger partial charge in [-0.15, -0.1) is 0 Å². The highest BCUT2D eigenvalue weighted by molar-refractivity contribution is 6.00. The smallest absolute Gasteiger partial charge is 0.334 e. The van der Waals surface area contributed by atoms with Crippen molar-refractivity contribution in [3.8, 4) is 5.75 Å². The molecule has 0 spiro atoms. The Morgan fingerprint density at radius 3 is 2.77 bits per heavy atom. The maximum absolute atomic E-state index is 12.9. The van der Waals surface area contributed by atoms with E-state index in [9.17, 15) is 9.59 Å².